The molecule has 0 bridgehead atoms. The fourth-order valence-corrected chi connectivity index (χ4v) is 1.28. The van der Waals surface area contributed by atoms with Crippen LogP contribution in [-0.4, -0.2) is 24.5 Å². The van der Waals surface area contributed by atoms with Gasteiger partial charge in [-0.3, -0.25) is 0 Å². The lowest BCUT2D eigenvalue weighted by atomic mass is 10.3. The molecule has 0 amide bonds. The number of hydrogen-bond donors (Lipinski definition) is 0. The third-order valence-electron chi connectivity index (χ3n) is 1.62. The Kier molecular flexibility index (Phi) is 17.2. The monoisotopic (exact) mass is 186 g/mol. The van der Waals surface area contributed by atoms with Crippen molar-refractivity contribution in [3.8, 4) is 0 Å². The molecule has 0 aliphatic rings. The lowest BCUT2D eigenvalue weighted by Gasteiger charge is -2.19. The van der Waals surface area contributed by atoms with Crippen molar-refractivity contribution in [2.45, 2.75) is 53.4 Å². The minimum absolute atomic E-state index is 1.00. The predicted molar refractivity (Wildman–Crippen MR) is 63.0 cm³/mol. The van der Waals surface area contributed by atoms with Gasteiger partial charge in [-0.05, 0) is 38.9 Å². The summed E-state index contributed by atoms with van der Waals surface area (Å²) in [6, 6.07) is 0. The van der Waals surface area contributed by atoms with Crippen LogP contribution in [0.3, 0.4) is 0 Å². The van der Waals surface area contributed by atoms with Crippen molar-refractivity contribution in [2.24, 2.45) is 0 Å². The van der Waals surface area contributed by atoms with Crippen LogP contribution >= 0.6 is 0 Å². The molecule has 0 N–H and O–H groups in total. The highest BCUT2D eigenvalue weighted by atomic mass is 15.1. The first-order chi connectivity index (χ1) is 6.26. The number of rotatable bonds is 6. The van der Waals surface area contributed by atoms with Crippen molar-refractivity contribution in [3.05, 3.63) is 6.92 Å². The van der Waals surface area contributed by atoms with E-state index < -0.39 is 0 Å². The van der Waals surface area contributed by atoms with Gasteiger partial charge in [-0.25, -0.2) is 0 Å². The second-order valence-corrected chi connectivity index (χ2v) is 3.34. The first-order valence-corrected chi connectivity index (χ1v) is 5.78. The van der Waals surface area contributed by atoms with Crippen LogP contribution in [0.25, 0.3) is 0 Å². The van der Waals surface area contributed by atoms with Crippen molar-refractivity contribution >= 4 is 0 Å². The summed E-state index contributed by atoms with van der Waals surface area (Å²) in [5.74, 6) is 0. The smallest absolute Gasteiger partial charge is 0.00214 e. The van der Waals surface area contributed by atoms with E-state index in [1.807, 2.05) is 6.92 Å². The third kappa shape index (κ3) is 14.8. The van der Waals surface area contributed by atoms with Crippen LogP contribution in [0.2, 0.25) is 0 Å². The van der Waals surface area contributed by atoms with Gasteiger partial charge in [0.05, 0.1) is 0 Å². The fourth-order valence-electron chi connectivity index (χ4n) is 1.28. The van der Waals surface area contributed by atoms with E-state index in [-0.39, 0.29) is 0 Å². The Morgan fingerprint density at radius 1 is 0.769 bits per heavy atom. The standard InChI is InChI=1S/C9H21N.C3H7/c1-4-7-10(8-5-2)9-6-3;1-3-2/h4-9H2,1-3H3;1,3H2,2H3. The van der Waals surface area contributed by atoms with Gasteiger partial charge in [-0.2, -0.15) is 0 Å². The summed E-state index contributed by atoms with van der Waals surface area (Å²) >= 11 is 0. The Balaban J connectivity index is 0. The van der Waals surface area contributed by atoms with Crippen LogP contribution in [0.4, 0.5) is 0 Å². The first-order valence-electron chi connectivity index (χ1n) is 5.78. The topological polar surface area (TPSA) is 3.24 Å². The Morgan fingerprint density at radius 3 is 1.15 bits per heavy atom. The molecule has 81 valence electrons. The summed E-state index contributed by atoms with van der Waals surface area (Å²) in [7, 11) is 0. The molecule has 0 heterocycles. The average molecular weight is 186 g/mol. The Bertz CT molecular complexity index is 57.3. The summed E-state index contributed by atoms with van der Waals surface area (Å²) in [6.07, 6.45) is 4.88. The molecule has 0 unspecified atom stereocenters. The predicted octanol–water partition coefficient (Wildman–Crippen LogP) is 3.75. The van der Waals surface area contributed by atoms with Gasteiger partial charge in [-0.1, -0.05) is 41.0 Å². The van der Waals surface area contributed by atoms with Gasteiger partial charge in [0.15, 0.2) is 0 Å². The van der Waals surface area contributed by atoms with Crippen LogP contribution in [0.15, 0.2) is 0 Å². The van der Waals surface area contributed by atoms with Crippen molar-refractivity contribution in [1.82, 2.24) is 4.90 Å². The molecular formula is C12H28N. The normalized spacial score (nSPS) is 9.69. The van der Waals surface area contributed by atoms with Gasteiger partial charge in [0.25, 0.3) is 0 Å². The highest BCUT2D eigenvalue weighted by Gasteiger charge is 1.98. The quantitative estimate of drug-likeness (QED) is 0.610. The van der Waals surface area contributed by atoms with E-state index in [2.05, 4.69) is 32.6 Å². The summed E-state index contributed by atoms with van der Waals surface area (Å²) < 4.78 is 0. The minimum Gasteiger partial charge on any atom is -0.303 e. The molecule has 13 heavy (non-hydrogen) atoms. The van der Waals surface area contributed by atoms with Gasteiger partial charge in [0.1, 0.15) is 0 Å². The average Bonchev–Trinajstić information content (AvgIpc) is 2.07. The van der Waals surface area contributed by atoms with Crippen molar-refractivity contribution in [2.75, 3.05) is 19.6 Å². The highest BCUT2D eigenvalue weighted by molar-refractivity contribution is 4.53. The van der Waals surface area contributed by atoms with E-state index in [1.165, 1.54) is 38.9 Å². The van der Waals surface area contributed by atoms with Crippen LogP contribution in [0, 0.1) is 6.92 Å². The Hall–Kier alpha value is -0.0400. The van der Waals surface area contributed by atoms with E-state index in [1.54, 1.807) is 0 Å². The SMILES string of the molecule is CCCN(CCC)CCC.[CH2]CC. The maximum absolute atomic E-state index is 3.49. The summed E-state index contributed by atoms with van der Waals surface area (Å²) in [5, 5.41) is 0. The molecule has 0 aromatic rings. The molecule has 1 heteroatoms. The van der Waals surface area contributed by atoms with E-state index in [4.69, 9.17) is 0 Å². The molecule has 0 saturated carbocycles. The van der Waals surface area contributed by atoms with E-state index in [9.17, 15) is 0 Å². The van der Waals surface area contributed by atoms with Crippen molar-refractivity contribution in [3.63, 3.8) is 0 Å². The molecule has 1 radical (unpaired) electrons. The Morgan fingerprint density at radius 2 is 1.00 bits per heavy atom. The van der Waals surface area contributed by atoms with Crippen LogP contribution in [0.5, 0.6) is 0 Å². The zero-order valence-corrected chi connectivity index (χ0v) is 10.1. The zero-order valence-electron chi connectivity index (χ0n) is 10.1. The lowest BCUT2D eigenvalue weighted by molar-refractivity contribution is 0.275. The van der Waals surface area contributed by atoms with Gasteiger partial charge in [0, 0.05) is 0 Å². The van der Waals surface area contributed by atoms with E-state index >= 15 is 0 Å². The Labute approximate surface area is 85.5 Å². The lowest BCUT2D eigenvalue weighted by Crippen LogP contribution is -2.25. The largest absolute Gasteiger partial charge is 0.303 e. The maximum Gasteiger partial charge on any atom is -0.00214 e. The number of hydrogen-bond acceptors (Lipinski definition) is 1. The third-order valence-corrected chi connectivity index (χ3v) is 1.62. The molecule has 0 saturated heterocycles. The second kappa shape index (κ2) is 14.5. The van der Waals surface area contributed by atoms with Gasteiger partial charge >= 0.3 is 0 Å². The van der Waals surface area contributed by atoms with Gasteiger partial charge < -0.3 is 4.90 Å². The van der Waals surface area contributed by atoms with Crippen molar-refractivity contribution < 1.29 is 0 Å². The van der Waals surface area contributed by atoms with Crippen LogP contribution in [-0.2, 0) is 0 Å². The molecule has 0 spiro atoms. The highest BCUT2D eigenvalue weighted by Crippen LogP contribution is 1.94. The molecule has 0 aliphatic carbocycles. The van der Waals surface area contributed by atoms with Crippen molar-refractivity contribution in [1.29, 1.82) is 0 Å². The first kappa shape index (κ1) is 15.4. The molecule has 0 atom stereocenters. The van der Waals surface area contributed by atoms with Crippen LogP contribution in [0.1, 0.15) is 53.4 Å². The molecule has 0 aromatic carbocycles. The van der Waals surface area contributed by atoms with Gasteiger partial charge in [-0.15, -0.1) is 0 Å². The number of nitrogens with zero attached hydrogens (tertiary/aromatic N) is 1. The summed E-state index contributed by atoms with van der Waals surface area (Å²) in [4.78, 5) is 2.54. The molecule has 1 nitrogen and oxygen atoms in total. The maximum atomic E-state index is 3.49. The zero-order chi connectivity index (χ0) is 10.5. The molecule has 0 fully saturated rings. The molecular weight excluding hydrogens is 158 g/mol. The van der Waals surface area contributed by atoms with Gasteiger partial charge in [0.2, 0.25) is 0 Å². The van der Waals surface area contributed by atoms with Crippen LogP contribution < -0.4 is 0 Å². The molecule has 0 aliphatic heterocycles. The van der Waals surface area contributed by atoms with E-state index in [0.717, 1.165) is 6.42 Å². The van der Waals surface area contributed by atoms with E-state index in [0.29, 0.717) is 0 Å². The minimum atomic E-state index is 1.00. The summed E-state index contributed by atoms with van der Waals surface area (Å²) in [5.41, 5.74) is 0. The molecule has 0 aromatic heterocycles. The fraction of sp³-hybridized carbons (Fsp3) is 0.917. The summed E-state index contributed by atoms with van der Waals surface area (Å²) in [6.45, 7) is 16.1. The second-order valence-electron chi connectivity index (χ2n) is 3.34. The molecule has 0 rings (SSSR count).